The summed E-state index contributed by atoms with van der Waals surface area (Å²) < 4.78 is 5.69. The fourth-order valence-electron chi connectivity index (χ4n) is 2.86. The van der Waals surface area contributed by atoms with Crippen LogP contribution in [0.1, 0.15) is 41.0 Å². The minimum atomic E-state index is -0.704. The third-order valence-electron chi connectivity index (χ3n) is 4.52. The molecule has 1 fully saturated rings. The molecule has 1 aromatic heterocycles. The summed E-state index contributed by atoms with van der Waals surface area (Å²) in [4.78, 5) is 24.0. The van der Waals surface area contributed by atoms with Crippen molar-refractivity contribution in [3.63, 3.8) is 0 Å². The first-order valence-electron chi connectivity index (χ1n) is 9.12. The number of nitro benzene ring substituents is 1. The van der Waals surface area contributed by atoms with Gasteiger partial charge in [-0.15, -0.1) is 10.2 Å². The molecule has 0 aliphatic heterocycles. The summed E-state index contributed by atoms with van der Waals surface area (Å²) in [5.41, 5.74) is 1.47. The maximum atomic E-state index is 13.1. The van der Waals surface area contributed by atoms with Crippen LogP contribution < -0.4 is 5.32 Å². The van der Waals surface area contributed by atoms with Crippen LogP contribution >= 0.6 is 11.8 Å². The number of anilines is 1. The molecular weight excluding hydrogens is 392 g/mol. The van der Waals surface area contributed by atoms with E-state index >= 15 is 0 Å². The number of benzene rings is 2. The van der Waals surface area contributed by atoms with Crippen LogP contribution in [0.15, 0.2) is 58.2 Å². The monoisotopic (exact) mass is 410 g/mol. The van der Waals surface area contributed by atoms with Crippen molar-refractivity contribution >= 4 is 29.0 Å². The zero-order chi connectivity index (χ0) is 20.4. The summed E-state index contributed by atoms with van der Waals surface area (Å²) in [7, 11) is 0. The van der Waals surface area contributed by atoms with Crippen LogP contribution in [0.25, 0.3) is 0 Å². The maximum Gasteiger partial charge on any atom is 0.293 e. The van der Waals surface area contributed by atoms with Crippen molar-refractivity contribution in [3.05, 3.63) is 75.7 Å². The van der Waals surface area contributed by atoms with Crippen molar-refractivity contribution in [1.82, 2.24) is 10.2 Å². The molecule has 3 aromatic rings. The first-order valence-corrected chi connectivity index (χ1v) is 10.00. The molecule has 4 rings (SSSR count). The van der Waals surface area contributed by atoms with Gasteiger partial charge in [-0.1, -0.05) is 36.4 Å². The van der Waals surface area contributed by atoms with E-state index in [9.17, 15) is 14.9 Å². The molecule has 1 N–H and O–H groups in total. The van der Waals surface area contributed by atoms with E-state index in [0.29, 0.717) is 17.0 Å². The van der Waals surface area contributed by atoms with Crippen molar-refractivity contribution in [1.29, 1.82) is 0 Å². The number of amides is 1. The summed E-state index contributed by atoms with van der Waals surface area (Å²) in [6.07, 6.45) is 2.07. The van der Waals surface area contributed by atoms with Gasteiger partial charge in [0, 0.05) is 12.0 Å². The van der Waals surface area contributed by atoms with Crippen LogP contribution in [-0.4, -0.2) is 21.0 Å². The minimum absolute atomic E-state index is 0.149. The molecule has 1 aliphatic carbocycles. The summed E-state index contributed by atoms with van der Waals surface area (Å²) in [5, 5.41) is 21.8. The van der Waals surface area contributed by atoms with Gasteiger partial charge in [-0.05, 0) is 48.7 Å². The second-order valence-electron chi connectivity index (χ2n) is 6.86. The smallest absolute Gasteiger partial charge is 0.293 e. The van der Waals surface area contributed by atoms with E-state index in [1.54, 1.807) is 13.0 Å². The van der Waals surface area contributed by atoms with Crippen LogP contribution in [-0.2, 0) is 4.79 Å². The quantitative estimate of drug-likeness (QED) is 0.343. The highest BCUT2D eigenvalue weighted by atomic mass is 32.2. The van der Waals surface area contributed by atoms with Crippen molar-refractivity contribution in [2.75, 3.05) is 5.32 Å². The number of rotatable bonds is 7. The fourth-order valence-corrected chi connectivity index (χ4v) is 3.74. The molecule has 1 heterocycles. The molecule has 0 spiro atoms. The molecule has 8 nitrogen and oxygen atoms in total. The van der Waals surface area contributed by atoms with Gasteiger partial charge in [0.25, 0.3) is 10.9 Å². The van der Waals surface area contributed by atoms with Gasteiger partial charge in [-0.3, -0.25) is 14.9 Å². The molecule has 0 saturated heterocycles. The van der Waals surface area contributed by atoms with Crippen LogP contribution in [0.5, 0.6) is 0 Å². The Morgan fingerprint density at radius 1 is 1.24 bits per heavy atom. The van der Waals surface area contributed by atoms with E-state index in [1.165, 1.54) is 12.1 Å². The summed E-state index contributed by atoms with van der Waals surface area (Å²) in [5.74, 6) is 0.504. The highest BCUT2D eigenvalue weighted by Gasteiger charge is 2.31. The van der Waals surface area contributed by atoms with Gasteiger partial charge >= 0.3 is 0 Å². The lowest BCUT2D eigenvalue weighted by Crippen LogP contribution is -2.19. The zero-order valence-corrected chi connectivity index (χ0v) is 16.4. The van der Waals surface area contributed by atoms with Crippen LogP contribution in [0, 0.1) is 17.0 Å². The largest absolute Gasteiger partial charge is 0.416 e. The first-order chi connectivity index (χ1) is 14.0. The minimum Gasteiger partial charge on any atom is -0.416 e. The van der Waals surface area contributed by atoms with Crippen molar-refractivity contribution in [3.8, 4) is 0 Å². The number of hydrogen-bond donors (Lipinski definition) is 1. The van der Waals surface area contributed by atoms with Crippen molar-refractivity contribution < 1.29 is 14.1 Å². The van der Waals surface area contributed by atoms with E-state index in [2.05, 4.69) is 15.5 Å². The van der Waals surface area contributed by atoms with Gasteiger partial charge in [0.15, 0.2) is 0 Å². The van der Waals surface area contributed by atoms with Gasteiger partial charge in [-0.25, -0.2) is 0 Å². The van der Waals surface area contributed by atoms with Crippen LogP contribution in [0.3, 0.4) is 0 Å². The topological polar surface area (TPSA) is 111 Å². The average Bonchev–Trinajstić information content (AvgIpc) is 3.46. The molecule has 0 radical (unpaired) electrons. The fraction of sp³-hybridized carbons (Fsp3) is 0.250. The summed E-state index contributed by atoms with van der Waals surface area (Å²) in [6.45, 7) is 1.76. The second-order valence-corrected chi connectivity index (χ2v) is 7.91. The van der Waals surface area contributed by atoms with Crippen molar-refractivity contribution in [2.45, 2.75) is 36.2 Å². The van der Waals surface area contributed by atoms with Gasteiger partial charge in [-0.2, -0.15) is 0 Å². The lowest BCUT2D eigenvalue weighted by molar-refractivity contribution is -0.384. The molecular formula is C20H18N4O4S. The molecule has 9 heteroatoms. The average molecular weight is 410 g/mol. The number of nitrogens with one attached hydrogen (secondary N) is 1. The Morgan fingerprint density at radius 3 is 2.69 bits per heavy atom. The number of hydrogen-bond acceptors (Lipinski definition) is 7. The van der Waals surface area contributed by atoms with Gasteiger partial charge < -0.3 is 9.73 Å². The molecule has 1 amide bonds. The van der Waals surface area contributed by atoms with E-state index in [1.807, 2.05) is 30.3 Å². The van der Waals surface area contributed by atoms with Crippen LogP contribution in [0.4, 0.5) is 11.4 Å². The second kappa shape index (κ2) is 8.04. The molecule has 2 aromatic carbocycles. The number of aromatic nitrogens is 2. The highest BCUT2D eigenvalue weighted by Crippen LogP contribution is 2.42. The highest BCUT2D eigenvalue weighted by molar-refractivity contribution is 8.00. The molecule has 1 atom stereocenters. The summed E-state index contributed by atoms with van der Waals surface area (Å²) >= 11 is 1.13. The predicted molar refractivity (Wildman–Crippen MR) is 108 cm³/mol. The predicted octanol–water partition coefficient (Wildman–Crippen LogP) is 4.64. The van der Waals surface area contributed by atoms with Gasteiger partial charge in [0.1, 0.15) is 10.9 Å². The normalized spacial score (nSPS) is 14.4. The van der Waals surface area contributed by atoms with Crippen LogP contribution in [0.2, 0.25) is 0 Å². The lowest BCUT2D eigenvalue weighted by atomic mass is 10.1. The van der Waals surface area contributed by atoms with E-state index in [4.69, 9.17) is 4.42 Å². The number of nitrogens with zero attached hydrogens (tertiary/aromatic N) is 3. The van der Waals surface area contributed by atoms with E-state index < -0.39 is 16.1 Å². The summed E-state index contributed by atoms with van der Waals surface area (Å²) in [6, 6.07) is 13.8. The Morgan fingerprint density at radius 2 is 2.00 bits per heavy atom. The van der Waals surface area contributed by atoms with Crippen molar-refractivity contribution in [2.24, 2.45) is 0 Å². The Balaban J connectivity index is 1.60. The molecule has 1 saturated carbocycles. The molecule has 29 heavy (non-hydrogen) atoms. The Hall–Kier alpha value is -3.20. The number of carbonyl (C=O) groups excluding carboxylic acids is 1. The maximum absolute atomic E-state index is 13.1. The number of carbonyl (C=O) groups is 1. The van der Waals surface area contributed by atoms with E-state index in [-0.39, 0.29) is 11.4 Å². The number of aryl methyl sites for hydroxylation is 1. The SMILES string of the molecule is Cc1ccc(NC(=O)[C@H](Sc2nnc(C3CC3)o2)c2ccccc2)c([N+](=O)[O-])c1. The molecule has 1 aliphatic rings. The number of thioether (sulfide) groups is 1. The third-order valence-corrected chi connectivity index (χ3v) is 5.60. The molecule has 0 unspecified atom stereocenters. The Kier molecular flexibility index (Phi) is 5.30. The molecule has 0 bridgehead atoms. The standard InChI is InChI=1S/C20H18N4O4S/c1-12-7-10-15(16(11-12)24(26)27)21-18(25)17(13-5-3-2-4-6-13)29-20-23-22-19(28-20)14-8-9-14/h2-7,10-11,14,17H,8-9H2,1H3,(H,21,25)/t17-/m1/s1. The Labute approximate surface area is 170 Å². The van der Waals surface area contributed by atoms with E-state index in [0.717, 1.165) is 35.7 Å². The molecule has 148 valence electrons. The Bertz CT molecular complexity index is 1050. The van der Waals surface area contributed by atoms with Gasteiger partial charge in [0.05, 0.1) is 4.92 Å². The first kappa shape index (κ1) is 19.1. The zero-order valence-electron chi connectivity index (χ0n) is 15.6. The number of nitro groups is 1. The lowest BCUT2D eigenvalue weighted by Gasteiger charge is -2.15. The third kappa shape index (κ3) is 4.45. The van der Waals surface area contributed by atoms with Gasteiger partial charge in [0.2, 0.25) is 11.8 Å².